The molecule has 0 atom stereocenters. The fraction of sp³-hybridized carbons (Fsp3) is 0.276. The van der Waals surface area contributed by atoms with Crippen molar-refractivity contribution in [1.82, 2.24) is 14.5 Å². The van der Waals surface area contributed by atoms with Gasteiger partial charge in [-0.05, 0) is 83.3 Å². The first-order chi connectivity index (χ1) is 30.0. The number of aromatic nitrogens is 3. The first kappa shape index (κ1) is 46.9. The minimum Gasteiger partial charge on any atom is -0.500 e. The van der Waals surface area contributed by atoms with Crippen molar-refractivity contribution in [2.24, 2.45) is 5.41 Å². The molecular weight excluding hydrogens is 1020 g/mol. The number of benzene rings is 6. The predicted octanol–water partition coefficient (Wildman–Crippen LogP) is 15.6. The molecular formula is C58H61GeIrN3O-2. The number of furan rings is 1. The monoisotopic (exact) mass is 1080 g/mol. The van der Waals surface area contributed by atoms with E-state index in [0.717, 1.165) is 62.2 Å². The van der Waals surface area contributed by atoms with E-state index in [-0.39, 0.29) is 20.1 Å². The molecule has 0 N–H and O–H groups in total. The van der Waals surface area contributed by atoms with Crippen LogP contribution in [-0.2, 0) is 26.5 Å². The molecule has 1 radical (unpaired) electrons. The smallest absolute Gasteiger partial charge is 0.124 e. The molecule has 3 aromatic heterocycles. The van der Waals surface area contributed by atoms with Crippen LogP contribution in [0.4, 0.5) is 0 Å². The number of fused-ring (bicyclic) bond motifs is 4. The Kier molecular flexibility index (Phi) is 13.8. The zero-order chi connectivity index (χ0) is 44.8. The Bertz CT molecular complexity index is 3050. The minimum atomic E-state index is -1.90. The van der Waals surface area contributed by atoms with E-state index in [1.165, 1.54) is 48.9 Å². The van der Waals surface area contributed by atoms with Gasteiger partial charge in [-0.15, -0.1) is 18.2 Å². The van der Waals surface area contributed by atoms with Crippen LogP contribution in [0.25, 0.3) is 72.4 Å². The van der Waals surface area contributed by atoms with Crippen molar-refractivity contribution >= 4 is 50.6 Å². The van der Waals surface area contributed by atoms with Gasteiger partial charge in [0.05, 0.1) is 22.4 Å². The van der Waals surface area contributed by atoms with Gasteiger partial charge in [0.1, 0.15) is 5.58 Å². The third-order valence-electron chi connectivity index (χ3n) is 12.0. The SMILES string of the molecule is CC(C)(C)Cc1cc(-c2[c-]cccc2)nc[c]1[Ge]([CH3])([CH3])[CH3].Cc1ccc(C)c2c1oc1c(-c3nc4ccccc4n3-c3c(C(C)C)cc(-c4ccccc4)cc3C(C)C)[c-]ccc12.[Ir]. The molecule has 0 spiro atoms. The summed E-state index contributed by atoms with van der Waals surface area (Å²) >= 11 is -1.90. The second-order valence-electron chi connectivity index (χ2n) is 20.0. The molecule has 6 aromatic carbocycles. The van der Waals surface area contributed by atoms with Crippen molar-refractivity contribution in [3.8, 4) is 39.5 Å². The molecule has 0 amide bonds. The molecule has 64 heavy (non-hydrogen) atoms. The largest absolute Gasteiger partial charge is 0.500 e. The second-order valence-corrected chi connectivity index (χ2v) is 30.6. The van der Waals surface area contributed by atoms with E-state index in [1.807, 2.05) is 24.3 Å². The maximum atomic E-state index is 6.68. The summed E-state index contributed by atoms with van der Waals surface area (Å²) in [6.07, 6.45) is 3.24. The summed E-state index contributed by atoms with van der Waals surface area (Å²) in [6.45, 7) is 20.3. The van der Waals surface area contributed by atoms with Gasteiger partial charge in [-0.25, -0.2) is 0 Å². The van der Waals surface area contributed by atoms with Crippen LogP contribution in [0.5, 0.6) is 0 Å². The number of rotatable bonds is 8. The Morgan fingerprint density at radius 1 is 0.703 bits per heavy atom. The van der Waals surface area contributed by atoms with Gasteiger partial charge in [-0.1, -0.05) is 93.2 Å². The number of pyridine rings is 1. The van der Waals surface area contributed by atoms with Crippen LogP contribution >= 0.6 is 0 Å². The molecule has 0 fully saturated rings. The van der Waals surface area contributed by atoms with Crippen LogP contribution in [0.15, 0.2) is 132 Å². The van der Waals surface area contributed by atoms with Gasteiger partial charge >= 0.3 is 132 Å². The maximum Gasteiger partial charge on any atom is 0.124 e. The van der Waals surface area contributed by atoms with Gasteiger partial charge in [0, 0.05) is 31.2 Å². The van der Waals surface area contributed by atoms with E-state index in [4.69, 9.17) is 14.4 Å². The van der Waals surface area contributed by atoms with Gasteiger partial charge in [0.15, 0.2) is 0 Å². The zero-order valence-corrected chi connectivity index (χ0v) is 44.1. The summed E-state index contributed by atoms with van der Waals surface area (Å²) in [4.78, 5) is 10.00. The molecule has 0 aliphatic carbocycles. The zero-order valence-electron chi connectivity index (χ0n) is 39.6. The van der Waals surface area contributed by atoms with E-state index in [0.29, 0.717) is 17.3 Å². The van der Waals surface area contributed by atoms with Gasteiger partial charge in [-0.3, -0.25) is 4.98 Å². The molecule has 0 saturated carbocycles. The third-order valence-corrected chi connectivity index (χ3v) is 16.4. The standard InChI is InChI=1S/C39H35N2O.C19H26GeN.Ir/c1-23(2)31-21-28(27-13-8-7-9-14-27)22-32(24(3)4)36(31)41-34-18-11-10-17-33(34)40-39(41)30-16-12-15-29-35-25(5)19-20-26(6)37(35)42-38(29)30;1-19(2,3)13-16-12-18(15-10-8-7-9-11-15)21-14-17(16)20(4,5)6;/h7-15,17-24H,1-6H3;7-10,12,14H,13H2,1-6H3;/q2*-1;. The molecule has 0 bridgehead atoms. The molecule has 6 heteroatoms. The van der Waals surface area contributed by atoms with E-state index in [9.17, 15) is 0 Å². The number of nitrogens with zero attached hydrogens (tertiary/aromatic N) is 3. The van der Waals surface area contributed by atoms with Crippen molar-refractivity contribution in [1.29, 1.82) is 0 Å². The predicted molar refractivity (Wildman–Crippen MR) is 270 cm³/mol. The Balaban J connectivity index is 0.000000236. The summed E-state index contributed by atoms with van der Waals surface area (Å²) in [5.41, 5.74) is 17.2. The number of imidazole rings is 1. The fourth-order valence-electron chi connectivity index (χ4n) is 8.93. The van der Waals surface area contributed by atoms with Gasteiger partial charge in [0.2, 0.25) is 0 Å². The Labute approximate surface area is 397 Å². The molecule has 3 heterocycles. The second kappa shape index (κ2) is 18.8. The van der Waals surface area contributed by atoms with Crippen molar-refractivity contribution < 1.29 is 24.5 Å². The fourth-order valence-corrected chi connectivity index (χ4v) is 12.2. The minimum absolute atomic E-state index is 0. The summed E-state index contributed by atoms with van der Waals surface area (Å²) in [7, 11) is 0. The van der Waals surface area contributed by atoms with Crippen LogP contribution in [0.1, 0.15) is 88.1 Å². The third kappa shape index (κ3) is 9.50. The van der Waals surface area contributed by atoms with E-state index in [1.54, 1.807) is 0 Å². The molecule has 0 unspecified atom stereocenters. The quantitative estimate of drug-likeness (QED) is 0.112. The van der Waals surface area contributed by atoms with Crippen LogP contribution in [0.3, 0.4) is 0 Å². The first-order valence-corrected chi connectivity index (χ1v) is 29.9. The molecule has 0 aliphatic rings. The summed E-state index contributed by atoms with van der Waals surface area (Å²) in [6, 6.07) is 49.6. The molecule has 4 nitrogen and oxygen atoms in total. The maximum absolute atomic E-state index is 6.68. The van der Waals surface area contributed by atoms with Gasteiger partial charge in [-0.2, -0.15) is 0 Å². The molecule has 0 aliphatic heterocycles. The Morgan fingerprint density at radius 2 is 1.36 bits per heavy atom. The molecule has 329 valence electrons. The Hall–Kier alpha value is -5.07. The first-order valence-electron chi connectivity index (χ1n) is 22.5. The summed E-state index contributed by atoms with van der Waals surface area (Å²) in [5.74, 6) is 8.78. The topological polar surface area (TPSA) is 43.9 Å². The van der Waals surface area contributed by atoms with Crippen LogP contribution in [0, 0.1) is 31.4 Å². The Morgan fingerprint density at radius 3 is 2.00 bits per heavy atom. The number of para-hydroxylation sites is 2. The molecule has 9 aromatic rings. The van der Waals surface area contributed by atoms with Gasteiger partial charge in [0.25, 0.3) is 0 Å². The average molecular weight is 1080 g/mol. The number of aryl methyl sites for hydroxylation is 2. The van der Waals surface area contributed by atoms with Crippen molar-refractivity contribution in [3.05, 3.63) is 167 Å². The van der Waals surface area contributed by atoms with E-state index in [2.05, 4.69) is 200 Å². The van der Waals surface area contributed by atoms with Crippen molar-refractivity contribution in [3.63, 3.8) is 0 Å². The number of hydrogen-bond donors (Lipinski definition) is 0. The van der Waals surface area contributed by atoms with Crippen LogP contribution in [-0.4, -0.2) is 27.8 Å². The summed E-state index contributed by atoms with van der Waals surface area (Å²) < 4.78 is 10.6. The summed E-state index contributed by atoms with van der Waals surface area (Å²) in [5, 5.41) is 2.27. The van der Waals surface area contributed by atoms with E-state index >= 15 is 0 Å². The van der Waals surface area contributed by atoms with Gasteiger partial charge < -0.3 is 8.98 Å². The van der Waals surface area contributed by atoms with Crippen molar-refractivity contribution in [2.45, 2.75) is 97.8 Å². The number of hydrogen-bond acceptors (Lipinski definition) is 3. The molecule has 9 rings (SSSR count). The average Bonchev–Trinajstić information content (AvgIpc) is 3.85. The van der Waals surface area contributed by atoms with Crippen LogP contribution in [0.2, 0.25) is 17.3 Å². The van der Waals surface area contributed by atoms with Crippen LogP contribution < -0.4 is 4.40 Å². The van der Waals surface area contributed by atoms with Crippen molar-refractivity contribution in [2.75, 3.05) is 0 Å². The normalized spacial score (nSPS) is 12.0. The van der Waals surface area contributed by atoms with E-state index < -0.39 is 13.3 Å². The molecule has 0 saturated heterocycles.